The molecule has 6 heteroatoms. The fourth-order valence-corrected chi connectivity index (χ4v) is 1.21. The first kappa shape index (κ1) is 5.72. The third-order valence-electron chi connectivity index (χ3n) is 1.10. The van der Waals surface area contributed by atoms with E-state index >= 15 is 0 Å². The fourth-order valence-electron chi connectivity index (χ4n) is 0.630. The number of rotatable bonds is 2. The van der Waals surface area contributed by atoms with Crippen molar-refractivity contribution in [1.82, 2.24) is 0 Å². The minimum absolute atomic E-state index is 0.158. The first-order valence-electron chi connectivity index (χ1n) is 5.79. The Morgan fingerprint density at radius 1 is 1.50 bits per heavy atom. The van der Waals surface area contributed by atoms with Crippen LogP contribution in [0.3, 0.4) is 0 Å². The molecule has 1 rings (SSSR count). The van der Waals surface area contributed by atoms with E-state index in [1.54, 1.807) is 0 Å². The Labute approximate surface area is 93.4 Å². The predicted octanol–water partition coefficient (Wildman–Crippen LogP) is 1.57. The van der Waals surface area contributed by atoms with Crippen molar-refractivity contribution in [2.45, 2.75) is 11.8 Å². The molecule has 0 unspecified atom stereocenters. The summed E-state index contributed by atoms with van der Waals surface area (Å²) in [6.45, 7) is 0.991. The van der Waals surface area contributed by atoms with Crippen LogP contribution in [-0.2, 0) is 13.8 Å². The van der Waals surface area contributed by atoms with E-state index in [1.165, 1.54) is 0 Å². The number of hydrogen-bond donors (Lipinski definition) is 1. The Bertz CT molecular complexity index is 634. The zero-order valence-electron chi connectivity index (χ0n) is 12.0. The SMILES string of the molecule is [2H]c1c([2H])c(S(=O)(=O)Cl)c([2H])c([2H])c1N([2H])C(C)=O. The van der Waals surface area contributed by atoms with Gasteiger partial charge in [0.1, 0.15) is 0 Å². The van der Waals surface area contributed by atoms with Gasteiger partial charge in [0.05, 0.1) is 10.4 Å². The predicted molar refractivity (Wildman–Crippen MR) is 53.8 cm³/mol. The molecule has 0 aliphatic rings. The number of carbonyl (C=O) groups excluding carboxylic acids is 1. The van der Waals surface area contributed by atoms with Crippen molar-refractivity contribution < 1.29 is 20.1 Å². The Kier molecular flexibility index (Phi) is 1.63. The van der Waals surface area contributed by atoms with E-state index in [9.17, 15) is 13.2 Å². The highest BCUT2D eigenvalue weighted by Gasteiger charge is 2.08. The fraction of sp³-hybridized carbons (Fsp3) is 0.125. The molecule has 0 saturated carbocycles. The van der Waals surface area contributed by atoms with Gasteiger partial charge in [0, 0.05) is 23.3 Å². The van der Waals surface area contributed by atoms with E-state index in [4.69, 9.17) is 17.6 Å². The molecule has 1 amide bonds. The lowest BCUT2D eigenvalue weighted by Gasteiger charge is -2.01. The highest BCUT2D eigenvalue weighted by Crippen LogP contribution is 2.17. The van der Waals surface area contributed by atoms with Crippen LogP contribution in [0.2, 0.25) is 1.41 Å². The van der Waals surface area contributed by atoms with Crippen LogP contribution in [0.5, 0.6) is 0 Å². The minimum atomic E-state index is -4.48. The molecule has 76 valence electrons. The average molecular weight is 239 g/mol. The monoisotopic (exact) mass is 238 g/mol. The van der Waals surface area contributed by atoms with Crippen LogP contribution in [0.1, 0.15) is 12.4 Å². The second kappa shape index (κ2) is 3.98. The summed E-state index contributed by atoms with van der Waals surface area (Å²) in [6.07, 6.45) is 0. The van der Waals surface area contributed by atoms with Gasteiger partial charge in [-0.15, -0.1) is 0 Å². The van der Waals surface area contributed by atoms with Gasteiger partial charge in [-0.05, 0) is 24.2 Å². The van der Waals surface area contributed by atoms with Gasteiger partial charge in [0.25, 0.3) is 9.05 Å². The second-order valence-corrected chi connectivity index (χ2v) is 4.75. The van der Waals surface area contributed by atoms with Gasteiger partial charge in [-0.2, -0.15) is 0 Å². The van der Waals surface area contributed by atoms with Gasteiger partial charge in [0.2, 0.25) is 5.91 Å². The quantitative estimate of drug-likeness (QED) is 0.796. The zero-order chi connectivity index (χ0) is 15.1. The molecule has 0 aromatic heterocycles. The van der Waals surface area contributed by atoms with Crippen molar-refractivity contribution >= 4 is 31.3 Å². The van der Waals surface area contributed by atoms with Gasteiger partial charge in [-0.25, -0.2) is 8.42 Å². The third-order valence-corrected chi connectivity index (χ3v) is 2.26. The Morgan fingerprint density at radius 2 is 2.00 bits per heavy atom. The van der Waals surface area contributed by atoms with Crippen molar-refractivity contribution in [1.29, 1.82) is 0 Å². The molecule has 0 aliphatic carbocycles. The van der Waals surface area contributed by atoms with Crippen molar-refractivity contribution in [2.24, 2.45) is 0 Å². The second-order valence-electron chi connectivity index (χ2n) is 2.25. The third kappa shape index (κ3) is 3.01. The maximum Gasteiger partial charge on any atom is 0.261 e. The summed E-state index contributed by atoms with van der Waals surface area (Å²) >= 11 is 0. The maximum atomic E-state index is 11.2. The Hall–Kier alpha value is -1.07. The molecular formula is C8H8ClNO3S. The van der Waals surface area contributed by atoms with Crippen molar-refractivity contribution in [3.63, 3.8) is 0 Å². The zero-order valence-corrected chi connectivity index (χ0v) is 8.53. The lowest BCUT2D eigenvalue weighted by molar-refractivity contribution is -0.114. The maximum absolute atomic E-state index is 11.2. The number of benzene rings is 1. The molecule has 0 heterocycles. The Balaban J connectivity index is 3.81. The van der Waals surface area contributed by atoms with E-state index in [2.05, 4.69) is 0 Å². The molecule has 0 atom stereocenters. The number of halogens is 1. The van der Waals surface area contributed by atoms with Crippen LogP contribution in [0, 0.1) is 0 Å². The van der Waals surface area contributed by atoms with Crippen LogP contribution in [0.4, 0.5) is 5.69 Å². The lowest BCUT2D eigenvalue weighted by Crippen LogP contribution is -2.05. The highest BCUT2D eigenvalue weighted by molar-refractivity contribution is 8.13. The molecular weight excluding hydrogens is 226 g/mol. The van der Waals surface area contributed by atoms with E-state index in [0.717, 1.165) is 6.92 Å². The number of carbonyl (C=O) groups is 1. The minimum Gasteiger partial charge on any atom is -0.326 e. The lowest BCUT2D eigenvalue weighted by atomic mass is 10.3. The summed E-state index contributed by atoms with van der Waals surface area (Å²) in [5, 5.41) is 0.158. The van der Waals surface area contributed by atoms with Crippen molar-refractivity contribution in [2.75, 3.05) is 5.31 Å². The summed E-state index contributed by atoms with van der Waals surface area (Å²) in [5.41, 5.74) is -0.633. The van der Waals surface area contributed by atoms with Crippen molar-refractivity contribution in [3.8, 4) is 0 Å². The summed E-state index contributed by atoms with van der Waals surface area (Å²) in [7, 11) is 0.566. The molecule has 1 aromatic rings. The normalized spacial score (nSPS) is 16.0. The summed E-state index contributed by atoms with van der Waals surface area (Å²) in [5.74, 6) is -0.845. The van der Waals surface area contributed by atoms with Crippen LogP contribution < -0.4 is 5.31 Å². The smallest absolute Gasteiger partial charge is 0.261 e. The number of anilines is 1. The van der Waals surface area contributed by atoms with Crippen molar-refractivity contribution in [3.05, 3.63) is 24.2 Å². The molecule has 1 N–H and O–H groups in total. The standard InChI is InChI=1S/C8H8ClNO3S/c1-6(11)10-7-2-4-8(5-3-7)14(9,12)13/h2-5H,1H3,(H,10,11)/i2D,3D,4D,5D/hD. The highest BCUT2D eigenvalue weighted by atomic mass is 35.7. The Morgan fingerprint density at radius 3 is 2.36 bits per heavy atom. The molecule has 0 fully saturated rings. The summed E-state index contributed by atoms with van der Waals surface area (Å²) in [4.78, 5) is 10.1. The molecule has 4 nitrogen and oxygen atoms in total. The molecule has 0 bridgehead atoms. The molecule has 0 spiro atoms. The van der Waals surface area contributed by atoms with E-state index in [0.29, 0.717) is 0 Å². The van der Waals surface area contributed by atoms with Crippen LogP contribution in [-0.4, -0.2) is 14.3 Å². The van der Waals surface area contributed by atoms with Gasteiger partial charge >= 0.3 is 0 Å². The first-order chi connectivity index (χ1) is 8.50. The van der Waals surface area contributed by atoms with E-state index < -0.39 is 49.7 Å². The van der Waals surface area contributed by atoms with Gasteiger partial charge in [-0.3, -0.25) is 4.79 Å². The van der Waals surface area contributed by atoms with Gasteiger partial charge in [0.15, 0.2) is 1.41 Å². The van der Waals surface area contributed by atoms with Crippen LogP contribution >= 0.6 is 10.7 Å². The number of amides is 1. The average Bonchev–Trinajstić information content (AvgIpc) is 2.24. The molecule has 0 saturated heterocycles. The van der Waals surface area contributed by atoms with E-state index in [1.807, 2.05) is 0 Å². The first-order valence-corrected chi connectivity index (χ1v) is 5.65. The summed E-state index contributed by atoms with van der Waals surface area (Å²) < 4.78 is 59.9. The molecule has 0 radical (unpaired) electrons. The molecule has 1 aromatic carbocycles. The van der Waals surface area contributed by atoms with E-state index in [-0.39, 0.29) is 5.31 Å². The van der Waals surface area contributed by atoms with Gasteiger partial charge in [-0.1, -0.05) is 0 Å². The van der Waals surface area contributed by atoms with Crippen LogP contribution in [0.25, 0.3) is 0 Å². The summed E-state index contributed by atoms with van der Waals surface area (Å²) in [6, 6.07) is -3.51. The van der Waals surface area contributed by atoms with Crippen LogP contribution in [0.15, 0.2) is 29.1 Å². The van der Waals surface area contributed by atoms with Gasteiger partial charge < -0.3 is 5.31 Å². The molecule has 14 heavy (non-hydrogen) atoms. The molecule has 0 aliphatic heterocycles. The number of nitrogens with one attached hydrogen (secondary N) is 1. The largest absolute Gasteiger partial charge is 0.326 e. The number of hydrogen-bond acceptors (Lipinski definition) is 3. The topological polar surface area (TPSA) is 63.2 Å².